The quantitative estimate of drug-likeness (QED) is 0.860. The Morgan fingerprint density at radius 1 is 1.50 bits per heavy atom. The number of hydrogen-bond acceptors (Lipinski definition) is 3. The molecule has 0 aromatic heterocycles. The zero-order chi connectivity index (χ0) is 13.7. The van der Waals surface area contributed by atoms with Crippen molar-refractivity contribution in [1.82, 2.24) is 5.32 Å². The molecule has 0 aliphatic carbocycles. The summed E-state index contributed by atoms with van der Waals surface area (Å²) in [5.74, 6) is -2.31. The molecule has 98 valence electrons. The number of carboxylic acid groups (broad SMARTS) is 1. The van der Waals surface area contributed by atoms with E-state index in [-0.39, 0.29) is 12.1 Å². The Bertz CT molecular complexity index is 446. The maximum atomic E-state index is 13.1. The monoisotopic (exact) mass is 319 g/mol. The second-order valence-electron chi connectivity index (χ2n) is 3.43. The molecular formula is C11H11BrFNO4. The number of halogens is 2. The average molecular weight is 320 g/mol. The van der Waals surface area contributed by atoms with Gasteiger partial charge in [-0.2, -0.15) is 0 Å². The van der Waals surface area contributed by atoms with E-state index in [9.17, 15) is 14.0 Å². The van der Waals surface area contributed by atoms with Gasteiger partial charge in [0.05, 0.1) is 6.54 Å². The molecule has 5 nitrogen and oxygen atoms in total. The normalized spacial score (nSPS) is 11.9. The third-order valence-corrected chi connectivity index (χ3v) is 2.59. The third kappa shape index (κ3) is 4.08. The lowest BCUT2D eigenvalue weighted by molar-refractivity contribution is -0.148. The van der Waals surface area contributed by atoms with Gasteiger partial charge in [-0.05, 0) is 18.2 Å². The average Bonchev–Trinajstić information content (AvgIpc) is 2.27. The van der Waals surface area contributed by atoms with Crippen molar-refractivity contribution in [2.24, 2.45) is 0 Å². The van der Waals surface area contributed by atoms with Crippen LogP contribution in [0.1, 0.15) is 10.4 Å². The molecule has 0 spiro atoms. The standard InChI is InChI=1S/C11H11BrFNO4/c1-18-9(11(16)17)5-14-10(15)6-2-7(12)4-8(13)3-6/h2-4,9H,5H2,1H3,(H,14,15)(H,16,17). The van der Waals surface area contributed by atoms with E-state index in [1.807, 2.05) is 0 Å². The molecule has 0 fully saturated rings. The Morgan fingerprint density at radius 3 is 2.67 bits per heavy atom. The highest BCUT2D eigenvalue weighted by Crippen LogP contribution is 2.14. The first-order chi connectivity index (χ1) is 8.43. The number of hydrogen-bond donors (Lipinski definition) is 2. The van der Waals surface area contributed by atoms with Crippen LogP contribution in [-0.4, -0.2) is 36.7 Å². The smallest absolute Gasteiger partial charge is 0.334 e. The molecule has 1 amide bonds. The number of ether oxygens (including phenoxy) is 1. The summed E-state index contributed by atoms with van der Waals surface area (Å²) < 4.78 is 18.1. The van der Waals surface area contributed by atoms with E-state index < -0.39 is 23.8 Å². The van der Waals surface area contributed by atoms with Gasteiger partial charge in [0.15, 0.2) is 6.10 Å². The molecule has 1 unspecified atom stereocenters. The Labute approximate surface area is 111 Å². The summed E-state index contributed by atoms with van der Waals surface area (Å²) in [6, 6.07) is 3.70. The first-order valence-electron chi connectivity index (χ1n) is 4.94. The number of methoxy groups -OCH3 is 1. The largest absolute Gasteiger partial charge is 0.479 e. The van der Waals surface area contributed by atoms with Crippen molar-refractivity contribution in [3.05, 3.63) is 34.1 Å². The number of carbonyl (C=O) groups excluding carboxylic acids is 1. The lowest BCUT2D eigenvalue weighted by Crippen LogP contribution is -2.37. The minimum atomic E-state index is -1.18. The van der Waals surface area contributed by atoms with Gasteiger partial charge in [0.1, 0.15) is 5.82 Å². The lowest BCUT2D eigenvalue weighted by Gasteiger charge is -2.11. The number of carbonyl (C=O) groups is 2. The maximum absolute atomic E-state index is 13.1. The van der Waals surface area contributed by atoms with Gasteiger partial charge in [-0.25, -0.2) is 9.18 Å². The highest BCUT2D eigenvalue weighted by atomic mass is 79.9. The fourth-order valence-electron chi connectivity index (χ4n) is 1.24. The maximum Gasteiger partial charge on any atom is 0.334 e. The zero-order valence-corrected chi connectivity index (χ0v) is 11.0. The molecule has 1 aromatic rings. The van der Waals surface area contributed by atoms with E-state index in [1.165, 1.54) is 19.2 Å². The number of amides is 1. The van der Waals surface area contributed by atoms with Crippen molar-refractivity contribution in [3.8, 4) is 0 Å². The van der Waals surface area contributed by atoms with E-state index in [2.05, 4.69) is 26.0 Å². The predicted molar refractivity (Wildman–Crippen MR) is 64.9 cm³/mol. The molecule has 0 saturated heterocycles. The Hall–Kier alpha value is -1.47. The van der Waals surface area contributed by atoms with Crippen molar-refractivity contribution in [2.45, 2.75) is 6.10 Å². The van der Waals surface area contributed by atoms with Crippen LogP contribution in [0.5, 0.6) is 0 Å². The van der Waals surface area contributed by atoms with Gasteiger partial charge in [-0.3, -0.25) is 4.79 Å². The summed E-state index contributed by atoms with van der Waals surface area (Å²) in [6.07, 6.45) is -1.13. The molecule has 0 aliphatic heterocycles. The van der Waals surface area contributed by atoms with Crippen molar-refractivity contribution in [3.63, 3.8) is 0 Å². The molecule has 2 N–H and O–H groups in total. The summed E-state index contributed by atoms with van der Waals surface area (Å²) >= 11 is 3.06. The van der Waals surface area contributed by atoms with E-state index in [1.54, 1.807) is 0 Å². The van der Waals surface area contributed by atoms with Crippen LogP contribution in [0.3, 0.4) is 0 Å². The molecule has 1 rings (SSSR count). The highest BCUT2D eigenvalue weighted by molar-refractivity contribution is 9.10. The molecule has 18 heavy (non-hydrogen) atoms. The minimum absolute atomic E-state index is 0.0992. The summed E-state index contributed by atoms with van der Waals surface area (Å²) in [7, 11) is 1.23. The van der Waals surface area contributed by atoms with Gasteiger partial charge in [-0.15, -0.1) is 0 Å². The SMILES string of the molecule is COC(CNC(=O)c1cc(F)cc(Br)c1)C(=O)O. The Balaban J connectivity index is 2.68. The molecule has 0 radical (unpaired) electrons. The van der Waals surface area contributed by atoms with E-state index in [0.717, 1.165) is 6.07 Å². The van der Waals surface area contributed by atoms with Crippen molar-refractivity contribution in [2.75, 3.05) is 13.7 Å². The molecule has 7 heteroatoms. The zero-order valence-electron chi connectivity index (χ0n) is 9.44. The fourth-order valence-corrected chi connectivity index (χ4v) is 1.71. The van der Waals surface area contributed by atoms with E-state index >= 15 is 0 Å². The summed E-state index contributed by atoms with van der Waals surface area (Å²) in [5.41, 5.74) is 0.0992. The highest BCUT2D eigenvalue weighted by Gasteiger charge is 2.18. The van der Waals surface area contributed by atoms with Gasteiger partial charge in [-0.1, -0.05) is 15.9 Å². The number of benzene rings is 1. The molecule has 0 bridgehead atoms. The molecule has 1 aromatic carbocycles. The van der Waals surface area contributed by atoms with E-state index in [0.29, 0.717) is 4.47 Å². The first kappa shape index (κ1) is 14.6. The van der Waals surface area contributed by atoms with Crippen LogP contribution in [0.4, 0.5) is 4.39 Å². The fraction of sp³-hybridized carbons (Fsp3) is 0.273. The summed E-state index contributed by atoms with van der Waals surface area (Å²) in [6.45, 7) is -0.196. The first-order valence-corrected chi connectivity index (χ1v) is 5.73. The second-order valence-corrected chi connectivity index (χ2v) is 4.35. The van der Waals surface area contributed by atoms with E-state index in [4.69, 9.17) is 5.11 Å². The molecule has 0 saturated carbocycles. The van der Waals surface area contributed by atoms with Crippen molar-refractivity contribution in [1.29, 1.82) is 0 Å². The number of aliphatic carboxylic acids is 1. The molecule has 1 atom stereocenters. The van der Waals surface area contributed by atoms with Gasteiger partial charge in [0.25, 0.3) is 5.91 Å². The number of rotatable bonds is 5. The van der Waals surface area contributed by atoms with Gasteiger partial charge >= 0.3 is 5.97 Å². The van der Waals surface area contributed by atoms with Crippen LogP contribution in [0, 0.1) is 5.82 Å². The summed E-state index contributed by atoms with van der Waals surface area (Å²) in [5, 5.41) is 11.1. The molecular weight excluding hydrogens is 309 g/mol. The van der Waals surface area contributed by atoms with Crippen molar-refractivity contribution < 1.29 is 23.8 Å². The second kappa shape index (κ2) is 6.46. The predicted octanol–water partition coefficient (Wildman–Crippen LogP) is 1.42. The third-order valence-electron chi connectivity index (χ3n) is 2.13. The number of carboxylic acids is 1. The van der Waals surface area contributed by atoms with Gasteiger partial charge in [0.2, 0.25) is 0 Å². The molecule has 0 aliphatic rings. The van der Waals surface area contributed by atoms with Crippen LogP contribution < -0.4 is 5.32 Å². The molecule has 0 heterocycles. The van der Waals surface area contributed by atoms with Crippen LogP contribution in [0.25, 0.3) is 0 Å². The van der Waals surface area contributed by atoms with Crippen LogP contribution in [0.2, 0.25) is 0 Å². The minimum Gasteiger partial charge on any atom is -0.479 e. The number of nitrogens with one attached hydrogen (secondary N) is 1. The topological polar surface area (TPSA) is 75.6 Å². The van der Waals surface area contributed by atoms with Crippen LogP contribution in [0.15, 0.2) is 22.7 Å². The van der Waals surface area contributed by atoms with Gasteiger partial charge in [0, 0.05) is 17.1 Å². The van der Waals surface area contributed by atoms with Crippen LogP contribution in [-0.2, 0) is 9.53 Å². The van der Waals surface area contributed by atoms with Crippen molar-refractivity contribution >= 4 is 27.8 Å². The van der Waals surface area contributed by atoms with Crippen LogP contribution >= 0.6 is 15.9 Å². The summed E-state index contributed by atoms with van der Waals surface area (Å²) in [4.78, 5) is 22.3. The Kier molecular flexibility index (Phi) is 5.24. The lowest BCUT2D eigenvalue weighted by atomic mass is 10.2. The Morgan fingerprint density at radius 2 is 2.17 bits per heavy atom. The van der Waals surface area contributed by atoms with Gasteiger partial charge < -0.3 is 15.2 Å².